The molecule has 0 radical (unpaired) electrons. The number of oxazole rings is 1. The predicted octanol–water partition coefficient (Wildman–Crippen LogP) is 8.58. The summed E-state index contributed by atoms with van der Waals surface area (Å²) in [5.74, 6) is -0.449. The Morgan fingerprint density at radius 3 is 2.06 bits per heavy atom. The molecule has 0 amide bonds. The summed E-state index contributed by atoms with van der Waals surface area (Å²) in [5.41, 5.74) is 3.87. The summed E-state index contributed by atoms with van der Waals surface area (Å²) in [7, 11) is 3.25. The van der Waals surface area contributed by atoms with Crippen molar-refractivity contribution in [2.24, 2.45) is 7.05 Å². The Balaban J connectivity index is 0.00000316. The number of aryl methyl sites for hydroxylation is 2. The van der Waals surface area contributed by atoms with Gasteiger partial charge in [-0.1, -0.05) is 13.8 Å². The molecule has 1 heterocycles. The summed E-state index contributed by atoms with van der Waals surface area (Å²) in [5, 5.41) is 0. The number of esters is 1. The Bertz CT molecular complexity index is 996. The number of nitrogens with zero attached hydrogens (tertiary/aromatic N) is 1. The quantitative estimate of drug-likeness (QED) is 0.115. The molecule has 6 heteroatoms. The third-order valence-corrected chi connectivity index (χ3v) is 23.0. The molecule has 0 aliphatic heterocycles. The normalized spacial score (nSPS) is 11.9. The van der Waals surface area contributed by atoms with E-state index in [1.54, 1.807) is 15.2 Å². The zero-order valence-corrected chi connectivity index (χ0v) is 27.2. The summed E-state index contributed by atoms with van der Waals surface area (Å²) in [6.07, 6.45) is 12.1. The van der Waals surface area contributed by atoms with Crippen molar-refractivity contribution in [1.29, 1.82) is 0 Å². The van der Waals surface area contributed by atoms with E-state index in [9.17, 15) is 9.59 Å². The number of ether oxygens (including phenoxy) is 1. The molecule has 1 aromatic carbocycles. The minimum atomic E-state index is -2.78. The zero-order valence-electron chi connectivity index (χ0n) is 24.3. The molecule has 0 N–H and O–H groups in total. The van der Waals surface area contributed by atoms with Gasteiger partial charge in [-0.25, -0.2) is 0 Å². The molecule has 0 spiro atoms. The average molecular weight is 608 g/mol. The van der Waals surface area contributed by atoms with Crippen LogP contribution in [0.1, 0.15) is 104 Å². The van der Waals surface area contributed by atoms with Crippen molar-refractivity contribution in [2.45, 2.75) is 113 Å². The zero-order chi connectivity index (χ0) is 27.1. The molecule has 5 nitrogen and oxygen atoms in total. The van der Waals surface area contributed by atoms with Gasteiger partial charge in [0.15, 0.2) is 0 Å². The maximum atomic E-state index is 12.2. The van der Waals surface area contributed by atoms with E-state index in [2.05, 4.69) is 39.0 Å². The Hall–Kier alpha value is -1.50. The molecule has 1 aromatic heterocycles. The number of carbonyl (C=O) groups excluding carboxylic acids is 1. The first kappa shape index (κ1) is 32.5. The van der Waals surface area contributed by atoms with Crippen LogP contribution in [0.2, 0.25) is 13.3 Å². The Labute approximate surface area is 223 Å². The number of allylic oxidation sites excluding steroid dienone is 1. The molecule has 204 valence electrons. The number of carbonyl (C=O) groups is 1. The molecule has 0 saturated carbocycles. The van der Waals surface area contributed by atoms with Crippen LogP contribution in [0.25, 0.3) is 14.7 Å². The molecular weight excluding hydrogens is 557 g/mol. The van der Waals surface area contributed by atoms with Gasteiger partial charge in [-0.15, -0.1) is 0 Å². The monoisotopic (exact) mass is 609 g/mol. The molecule has 36 heavy (non-hydrogen) atoms. The standard InChI is InChI=1S/C16H18NO4.3C4H9.C2H6.Sn/c1-11-9-12(7-5-4-6-8-14(18)20-3)10-13-15(11)21-16(19)17(13)2;3*1-3-4-2;1-2;/h5,9-10H,4,6,8H2,1-3H3;3*1,3-4H2,2H3;1-2H3;. The molecule has 0 bridgehead atoms. The minimum absolute atomic E-state index is 0.140. The molecule has 0 atom stereocenters. The van der Waals surface area contributed by atoms with E-state index in [1.165, 1.54) is 64.5 Å². The number of unbranched alkanes of at least 4 members (excludes halogenated alkanes) is 4. The number of hydrogen-bond donors (Lipinski definition) is 0. The summed E-state index contributed by atoms with van der Waals surface area (Å²) in [4.78, 5) is 24.0. The Morgan fingerprint density at radius 2 is 1.56 bits per heavy atom. The van der Waals surface area contributed by atoms with Crippen molar-refractivity contribution in [3.8, 4) is 0 Å². The van der Waals surface area contributed by atoms with E-state index in [0.29, 0.717) is 12.0 Å². The van der Waals surface area contributed by atoms with Crippen molar-refractivity contribution in [3.63, 3.8) is 0 Å². The van der Waals surface area contributed by atoms with Crippen LogP contribution in [-0.2, 0) is 16.6 Å². The second kappa shape index (κ2) is 17.1. The third-order valence-electron chi connectivity index (χ3n) is 7.15. The van der Waals surface area contributed by atoms with Gasteiger partial charge in [0.05, 0.1) is 0 Å². The topological polar surface area (TPSA) is 61.4 Å². The van der Waals surface area contributed by atoms with Crippen molar-refractivity contribution < 1.29 is 13.9 Å². The number of fused-ring (bicyclic) bond motifs is 1. The average Bonchev–Trinajstić information content (AvgIpc) is 3.19. The Kier molecular flexibility index (Phi) is 15.4. The number of methoxy groups -OCH3 is 1. The van der Waals surface area contributed by atoms with Gasteiger partial charge < -0.3 is 0 Å². The third kappa shape index (κ3) is 8.81. The van der Waals surface area contributed by atoms with Gasteiger partial charge in [-0.2, -0.15) is 0 Å². The summed E-state index contributed by atoms with van der Waals surface area (Å²) in [6.45, 7) is 12.9. The van der Waals surface area contributed by atoms with Crippen molar-refractivity contribution in [2.75, 3.05) is 7.11 Å². The van der Waals surface area contributed by atoms with Crippen molar-refractivity contribution in [3.05, 3.63) is 39.9 Å². The van der Waals surface area contributed by atoms with E-state index >= 15 is 0 Å². The predicted molar refractivity (Wildman–Crippen MR) is 156 cm³/mol. The molecule has 0 unspecified atom stereocenters. The van der Waals surface area contributed by atoms with Gasteiger partial charge in [0.25, 0.3) is 0 Å². The number of aromatic nitrogens is 1. The molecular formula is C30H51NO4Sn. The van der Waals surface area contributed by atoms with E-state index in [0.717, 1.165) is 23.9 Å². The van der Waals surface area contributed by atoms with Crippen LogP contribution in [0, 0.1) is 6.92 Å². The molecule has 0 fully saturated rings. The maximum absolute atomic E-state index is 12.2. The van der Waals surface area contributed by atoms with Gasteiger partial charge in [-0.3, -0.25) is 0 Å². The van der Waals surface area contributed by atoms with E-state index in [1.807, 2.05) is 20.8 Å². The van der Waals surface area contributed by atoms with Gasteiger partial charge in [0, 0.05) is 0 Å². The van der Waals surface area contributed by atoms with E-state index < -0.39 is 18.4 Å². The first-order valence-corrected chi connectivity index (χ1v) is 21.7. The van der Waals surface area contributed by atoms with Crippen LogP contribution < -0.4 is 5.76 Å². The Morgan fingerprint density at radius 1 is 1.00 bits per heavy atom. The molecule has 2 aromatic rings. The van der Waals surface area contributed by atoms with Gasteiger partial charge >= 0.3 is 210 Å². The van der Waals surface area contributed by atoms with Crippen LogP contribution in [0.3, 0.4) is 0 Å². The molecule has 0 aliphatic rings. The van der Waals surface area contributed by atoms with Gasteiger partial charge in [0.1, 0.15) is 0 Å². The van der Waals surface area contributed by atoms with Crippen LogP contribution >= 0.6 is 0 Å². The summed E-state index contributed by atoms with van der Waals surface area (Å²) < 4.78 is 17.7. The second-order valence-corrected chi connectivity index (χ2v) is 22.9. The fraction of sp³-hybridized carbons (Fsp3) is 0.667. The molecule has 0 aliphatic carbocycles. The summed E-state index contributed by atoms with van der Waals surface area (Å²) >= 11 is -2.78. The van der Waals surface area contributed by atoms with E-state index in [-0.39, 0.29) is 11.7 Å². The van der Waals surface area contributed by atoms with Crippen LogP contribution in [0.15, 0.2) is 27.4 Å². The van der Waals surface area contributed by atoms with Crippen molar-refractivity contribution in [1.82, 2.24) is 4.57 Å². The van der Waals surface area contributed by atoms with Crippen LogP contribution in [0.5, 0.6) is 0 Å². The molecule has 2 rings (SSSR count). The fourth-order valence-corrected chi connectivity index (χ4v) is 22.2. The fourth-order valence-electron chi connectivity index (χ4n) is 5.11. The van der Waals surface area contributed by atoms with Crippen LogP contribution in [0.4, 0.5) is 0 Å². The number of benzene rings is 1. The van der Waals surface area contributed by atoms with Crippen LogP contribution in [-0.4, -0.2) is 36.0 Å². The van der Waals surface area contributed by atoms with E-state index in [4.69, 9.17) is 9.15 Å². The first-order chi connectivity index (χ1) is 17.3. The number of hydrogen-bond acceptors (Lipinski definition) is 4. The number of rotatable bonds is 15. The van der Waals surface area contributed by atoms with Crippen molar-refractivity contribution >= 4 is 39.0 Å². The van der Waals surface area contributed by atoms with Gasteiger partial charge in [0.2, 0.25) is 0 Å². The second-order valence-electron chi connectivity index (χ2n) is 9.75. The van der Waals surface area contributed by atoms with Gasteiger partial charge in [-0.05, 0) is 0 Å². The first-order valence-electron chi connectivity index (χ1n) is 14.2. The molecule has 0 saturated heterocycles. The summed E-state index contributed by atoms with van der Waals surface area (Å²) in [6, 6.07) is 4.43. The SMILES string of the molecule is CC.CCC[CH2][Sn]([CH2]CCC)([CH2]CCC)/[C](=C/CCCC(=O)OC)c1cc(C)c2oc(=O)n(C)c2c1.